The summed E-state index contributed by atoms with van der Waals surface area (Å²) < 4.78 is 2.11. The Balaban J connectivity index is 1.70. The van der Waals surface area contributed by atoms with Crippen LogP contribution in [0.3, 0.4) is 0 Å². The lowest BCUT2D eigenvalue weighted by molar-refractivity contribution is -0.688. The molecule has 0 radical (unpaired) electrons. The van der Waals surface area contributed by atoms with Crippen LogP contribution in [0, 0.1) is 10.1 Å². The van der Waals surface area contributed by atoms with Crippen molar-refractivity contribution < 1.29 is 9.49 Å². The summed E-state index contributed by atoms with van der Waals surface area (Å²) in [5, 5.41) is 10.8. The molecule has 0 saturated carbocycles. The zero-order valence-electron chi connectivity index (χ0n) is 13.1. The van der Waals surface area contributed by atoms with Gasteiger partial charge in [0, 0.05) is 29.8 Å². The largest absolute Gasteiger partial charge is 0.270 e. The Morgan fingerprint density at radius 1 is 0.875 bits per heavy atom. The molecule has 118 valence electrons. The van der Waals surface area contributed by atoms with E-state index < -0.39 is 0 Å². The molecule has 0 aliphatic rings. The lowest BCUT2D eigenvalue weighted by atomic mass is 10.1. The van der Waals surface area contributed by atoms with Gasteiger partial charge in [0.05, 0.1) is 4.92 Å². The molecule has 0 aliphatic heterocycles. The Labute approximate surface area is 140 Å². The van der Waals surface area contributed by atoms with Crippen molar-refractivity contribution in [2.45, 2.75) is 6.54 Å². The van der Waals surface area contributed by atoms with Gasteiger partial charge in [0.25, 0.3) is 5.69 Å². The Morgan fingerprint density at radius 2 is 1.58 bits per heavy atom. The molecule has 0 bridgehead atoms. The van der Waals surface area contributed by atoms with E-state index in [4.69, 9.17) is 0 Å². The third-order valence-corrected chi connectivity index (χ3v) is 3.67. The van der Waals surface area contributed by atoms with Gasteiger partial charge in [-0.15, -0.1) is 0 Å². The molecule has 4 heteroatoms. The molecule has 0 fully saturated rings. The van der Waals surface area contributed by atoms with E-state index in [1.54, 1.807) is 12.1 Å². The van der Waals surface area contributed by atoms with Crippen LogP contribution < -0.4 is 4.57 Å². The number of hydrogen-bond donors (Lipinski definition) is 0. The Morgan fingerprint density at radius 3 is 2.29 bits per heavy atom. The van der Waals surface area contributed by atoms with Gasteiger partial charge in [0.1, 0.15) is 0 Å². The van der Waals surface area contributed by atoms with Crippen LogP contribution in [0.5, 0.6) is 0 Å². The maximum Gasteiger partial charge on any atom is 0.270 e. The quantitative estimate of drug-likeness (QED) is 0.404. The van der Waals surface area contributed by atoms with Crippen molar-refractivity contribution >= 4 is 17.8 Å². The summed E-state index contributed by atoms with van der Waals surface area (Å²) >= 11 is 0. The van der Waals surface area contributed by atoms with Crippen molar-refractivity contribution in [1.29, 1.82) is 0 Å². The molecule has 2 aromatic carbocycles. The molecule has 0 aliphatic carbocycles. The number of benzene rings is 2. The number of nitro benzene ring substituents is 1. The van der Waals surface area contributed by atoms with E-state index >= 15 is 0 Å². The molecule has 4 nitrogen and oxygen atoms in total. The summed E-state index contributed by atoms with van der Waals surface area (Å²) in [6.07, 6.45) is 7.88. The van der Waals surface area contributed by atoms with Crippen LogP contribution in [0.15, 0.2) is 79.1 Å². The third kappa shape index (κ3) is 4.14. The molecule has 3 aromatic rings. The van der Waals surface area contributed by atoms with Crippen LogP contribution in [0.4, 0.5) is 5.69 Å². The molecule has 24 heavy (non-hydrogen) atoms. The summed E-state index contributed by atoms with van der Waals surface area (Å²) in [4.78, 5) is 10.4. The topological polar surface area (TPSA) is 47.0 Å². The Bertz CT molecular complexity index is 856. The van der Waals surface area contributed by atoms with Crippen molar-refractivity contribution in [3.8, 4) is 0 Å². The monoisotopic (exact) mass is 317 g/mol. The highest BCUT2D eigenvalue weighted by Gasteiger charge is 2.04. The zero-order chi connectivity index (χ0) is 16.8. The standard InChI is InChI=1S/C20H17N2O2/c23-22(24)20-8-4-7-18(15-20)10-9-17-11-13-21(14-12-17)16-19-5-2-1-3-6-19/h1-15H,16H2/q+1/b10-9+. The number of pyridine rings is 1. The van der Waals surface area contributed by atoms with Gasteiger partial charge in [-0.2, -0.15) is 0 Å². The van der Waals surface area contributed by atoms with Gasteiger partial charge in [-0.1, -0.05) is 54.6 Å². The fourth-order valence-electron chi connectivity index (χ4n) is 2.41. The molecule has 1 aromatic heterocycles. The van der Waals surface area contributed by atoms with Crippen LogP contribution in [-0.4, -0.2) is 4.92 Å². The van der Waals surface area contributed by atoms with Gasteiger partial charge in [-0.05, 0) is 11.1 Å². The fourth-order valence-corrected chi connectivity index (χ4v) is 2.41. The van der Waals surface area contributed by atoms with E-state index in [-0.39, 0.29) is 10.6 Å². The number of rotatable bonds is 5. The van der Waals surface area contributed by atoms with Crippen LogP contribution in [-0.2, 0) is 6.54 Å². The highest BCUT2D eigenvalue weighted by molar-refractivity contribution is 5.70. The van der Waals surface area contributed by atoms with Crippen molar-refractivity contribution in [2.75, 3.05) is 0 Å². The van der Waals surface area contributed by atoms with Gasteiger partial charge in [-0.3, -0.25) is 10.1 Å². The minimum absolute atomic E-state index is 0.103. The average Bonchev–Trinajstić information content (AvgIpc) is 2.62. The molecule has 0 N–H and O–H groups in total. The number of hydrogen-bond acceptors (Lipinski definition) is 2. The van der Waals surface area contributed by atoms with Crippen molar-refractivity contribution in [1.82, 2.24) is 0 Å². The summed E-state index contributed by atoms with van der Waals surface area (Å²) in [5.41, 5.74) is 3.21. The first-order chi connectivity index (χ1) is 11.7. The minimum Gasteiger partial charge on any atom is -0.258 e. The van der Waals surface area contributed by atoms with Gasteiger partial charge in [0.15, 0.2) is 18.9 Å². The SMILES string of the molecule is O=[N+]([O-])c1cccc(/C=C/c2cc[n+](Cc3ccccc3)cc2)c1. The molecule has 0 atom stereocenters. The normalized spacial score (nSPS) is 10.8. The number of non-ortho nitro benzene ring substituents is 1. The lowest BCUT2D eigenvalue weighted by Gasteiger charge is -1.98. The maximum atomic E-state index is 10.8. The first kappa shape index (κ1) is 15.6. The summed E-state index contributed by atoms with van der Waals surface area (Å²) in [6, 6.07) is 20.9. The average molecular weight is 317 g/mol. The van der Waals surface area contributed by atoms with E-state index in [9.17, 15) is 10.1 Å². The summed E-state index contributed by atoms with van der Waals surface area (Å²) in [6.45, 7) is 0.829. The molecule has 3 rings (SSSR count). The highest BCUT2D eigenvalue weighted by Crippen LogP contribution is 2.15. The summed E-state index contributed by atoms with van der Waals surface area (Å²) in [7, 11) is 0. The Kier molecular flexibility index (Phi) is 4.77. The van der Waals surface area contributed by atoms with E-state index in [2.05, 4.69) is 16.7 Å². The number of aromatic nitrogens is 1. The molecular formula is C20H17N2O2+. The molecule has 0 unspecified atom stereocenters. The van der Waals surface area contributed by atoms with Crippen LogP contribution in [0.25, 0.3) is 12.2 Å². The predicted molar refractivity (Wildman–Crippen MR) is 94.2 cm³/mol. The second kappa shape index (κ2) is 7.33. The van der Waals surface area contributed by atoms with Gasteiger partial charge in [-0.25, -0.2) is 4.57 Å². The van der Waals surface area contributed by atoms with E-state index in [0.29, 0.717) is 0 Å². The number of nitrogens with zero attached hydrogens (tertiary/aromatic N) is 2. The maximum absolute atomic E-state index is 10.8. The van der Waals surface area contributed by atoms with Crippen LogP contribution in [0.1, 0.15) is 16.7 Å². The fraction of sp³-hybridized carbons (Fsp3) is 0.0500. The smallest absolute Gasteiger partial charge is 0.258 e. The predicted octanol–water partition coefficient (Wildman–Crippen LogP) is 4.10. The third-order valence-electron chi connectivity index (χ3n) is 3.67. The molecule has 0 saturated heterocycles. The Hall–Kier alpha value is -3.27. The van der Waals surface area contributed by atoms with Crippen molar-refractivity contribution in [3.63, 3.8) is 0 Å². The van der Waals surface area contributed by atoms with Gasteiger partial charge < -0.3 is 0 Å². The number of nitro groups is 1. The molecule has 0 amide bonds. The van der Waals surface area contributed by atoms with E-state index in [1.807, 2.05) is 60.9 Å². The van der Waals surface area contributed by atoms with E-state index in [1.165, 1.54) is 11.6 Å². The lowest BCUT2D eigenvalue weighted by Crippen LogP contribution is -2.32. The molecule has 1 heterocycles. The summed E-state index contributed by atoms with van der Waals surface area (Å²) in [5.74, 6) is 0. The second-order valence-electron chi connectivity index (χ2n) is 5.47. The minimum atomic E-state index is -0.383. The highest BCUT2D eigenvalue weighted by atomic mass is 16.6. The van der Waals surface area contributed by atoms with Crippen molar-refractivity contribution in [2.24, 2.45) is 0 Å². The first-order valence-electron chi connectivity index (χ1n) is 7.66. The van der Waals surface area contributed by atoms with Gasteiger partial charge >= 0.3 is 0 Å². The van der Waals surface area contributed by atoms with Crippen LogP contribution in [0.2, 0.25) is 0 Å². The van der Waals surface area contributed by atoms with Crippen molar-refractivity contribution in [3.05, 3.63) is 106 Å². The second-order valence-corrected chi connectivity index (χ2v) is 5.47. The molecule has 0 spiro atoms. The van der Waals surface area contributed by atoms with Crippen LogP contribution >= 0.6 is 0 Å². The first-order valence-corrected chi connectivity index (χ1v) is 7.66. The van der Waals surface area contributed by atoms with Gasteiger partial charge in [0.2, 0.25) is 0 Å². The van der Waals surface area contributed by atoms with E-state index in [0.717, 1.165) is 17.7 Å². The molecular weight excluding hydrogens is 300 g/mol. The zero-order valence-corrected chi connectivity index (χ0v) is 13.1.